The van der Waals surface area contributed by atoms with E-state index in [1.165, 1.54) is 12.3 Å². The highest BCUT2D eigenvalue weighted by molar-refractivity contribution is 6.01. The van der Waals surface area contributed by atoms with E-state index in [-0.39, 0.29) is 18.3 Å². The van der Waals surface area contributed by atoms with Crippen molar-refractivity contribution in [2.24, 2.45) is 0 Å². The summed E-state index contributed by atoms with van der Waals surface area (Å²) in [6.07, 6.45) is 2.74. The summed E-state index contributed by atoms with van der Waals surface area (Å²) in [4.78, 5) is 37.6. The van der Waals surface area contributed by atoms with Crippen LogP contribution in [-0.2, 0) is 9.53 Å². The lowest BCUT2D eigenvalue weighted by Gasteiger charge is -2.16. The van der Waals surface area contributed by atoms with Crippen LogP contribution in [0.3, 0.4) is 0 Å². The zero-order chi connectivity index (χ0) is 17.1. The van der Waals surface area contributed by atoms with Gasteiger partial charge in [-0.15, -0.1) is 0 Å². The van der Waals surface area contributed by atoms with Crippen LogP contribution in [0.5, 0.6) is 0 Å². The molecule has 1 amide bonds. The number of ketones is 1. The highest BCUT2D eigenvalue weighted by atomic mass is 16.5. The molecule has 0 aliphatic carbocycles. The SMILES string of the molecule is Cc1occc1C(=O)OCC(=O)c1cccc(N2CCCC2=O)c1. The van der Waals surface area contributed by atoms with Crippen LogP contribution in [0.25, 0.3) is 0 Å². The topological polar surface area (TPSA) is 76.8 Å². The summed E-state index contributed by atoms with van der Waals surface area (Å²) in [7, 11) is 0. The average Bonchev–Trinajstić information content (AvgIpc) is 3.20. The molecule has 0 saturated carbocycles. The molecule has 0 unspecified atom stereocenters. The van der Waals surface area contributed by atoms with Crippen LogP contribution in [0, 0.1) is 6.92 Å². The molecule has 0 atom stereocenters. The summed E-state index contributed by atoms with van der Waals surface area (Å²) < 4.78 is 10.1. The molecule has 124 valence electrons. The van der Waals surface area contributed by atoms with Crippen molar-refractivity contribution in [2.75, 3.05) is 18.1 Å². The Morgan fingerprint density at radius 3 is 2.79 bits per heavy atom. The van der Waals surface area contributed by atoms with Crippen LogP contribution in [0.15, 0.2) is 41.0 Å². The van der Waals surface area contributed by atoms with Gasteiger partial charge in [-0.3, -0.25) is 9.59 Å². The van der Waals surface area contributed by atoms with E-state index in [1.54, 1.807) is 36.1 Å². The number of Topliss-reactive ketones (excluding diaryl/α,β-unsaturated/α-hetero) is 1. The lowest BCUT2D eigenvalue weighted by atomic mass is 10.1. The van der Waals surface area contributed by atoms with Crippen LogP contribution in [0.2, 0.25) is 0 Å². The summed E-state index contributed by atoms with van der Waals surface area (Å²) in [5, 5.41) is 0. The second-order valence-corrected chi connectivity index (χ2v) is 5.59. The molecular weight excluding hydrogens is 310 g/mol. The molecule has 1 aromatic heterocycles. The fourth-order valence-corrected chi connectivity index (χ4v) is 2.66. The van der Waals surface area contributed by atoms with Gasteiger partial charge in [0.2, 0.25) is 5.91 Å². The predicted octanol–water partition coefficient (Wildman–Crippen LogP) is 2.75. The van der Waals surface area contributed by atoms with Gasteiger partial charge in [-0.1, -0.05) is 12.1 Å². The van der Waals surface area contributed by atoms with E-state index >= 15 is 0 Å². The number of anilines is 1. The molecule has 1 saturated heterocycles. The van der Waals surface area contributed by atoms with Crippen molar-refractivity contribution in [3.8, 4) is 0 Å². The molecule has 3 rings (SSSR count). The number of carbonyl (C=O) groups is 3. The van der Waals surface area contributed by atoms with Crippen molar-refractivity contribution >= 4 is 23.3 Å². The Kier molecular flexibility index (Phi) is 4.46. The highest BCUT2D eigenvalue weighted by Crippen LogP contribution is 2.22. The van der Waals surface area contributed by atoms with E-state index < -0.39 is 5.97 Å². The Morgan fingerprint density at radius 2 is 2.12 bits per heavy atom. The third-order valence-corrected chi connectivity index (χ3v) is 3.97. The number of carbonyl (C=O) groups excluding carboxylic acids is 3. The minimum Gasteiger partial charge on any atom is -0.469 e. The molecule has 24 heavy (non-hydrogen) atoms. The molecule has 2 heterocycles. The number of furan rings is 1. The third kappa shape index (κ3) is 3.22. The Bertz CT molecular complexity index is 792. The molecule has 1 aliphatic heterocycles. The largest absolute Gasteiger partial charge is 0.469 e. The van der Waals surface area contributed by atoms with Crippen LogP contribution >= 0.6 is 0 Å². The van der Waals surface area contributed by atoms with E-state index in [2.05, 4.69) is 0 Å². The first-order chi connectivity index (χ1) is 11.6. The fraction of sp³-hybridized carbons (Fsp3) is 0.278. The zero-order valence-corrected chi connectivity index (χ0v) is 13.3. The normalized spacial score (nSPS) is 14.0. The highest BCUT2D eigenvalue weighted by Gasteiger charge is 2.22. The number of amides is 1. The molecule has 0 spiro atoms. The van der Waals surface area contributed by atoms with Gasteiger partial charge < -0.3 is 14.1 Å². The Hall–Kier alpha value is -2.89. The van der Waals surface area contributed by atoms with Gasteiger partial charge in [-0.05, 0) is 31.5 Å². The average molecular weight is 327 g/mol. The van der Waals surface area contributed by atoms with E-state index in [9.17, 15) is 14.4 Å². The number of hydrogen-bond donors (Lipinski definition) is 0. The van der Waals surface area contributed by atoms with Gasteiger partial charge in [0, 0.05) is 24.2 Å². The number of esters is 1. The standard InChI is InChI=1S/C18H17NO5/c1-12-15(7-9-23-12)18(22)24-11-16(20)13-4-2-5-14(10-13)19-8-3-6-17(19)21/h2,4-5,7,9-10H,3,6,8,11H2,1H3. The first-order valence-electron chi connectivity index (χ1n) is 7.71. The summed E-state index contributed by atoms with van der Waals surface area (Å²) in [5.74, 6) is -0.415. The van der Waals surface area contributed by atoms with Crippen LogP contribution in [0.4, 0.5) is 5.69 Å². The number of rotatable bonds is 5. The first-order valence-corrected chi connectivity index (χ1v) is 7.71. The van der Waals surface area contributed by atoms with Crippen molar-refractivity contribution < 1.29 is 23.5 Å². The van der Waals surface area contributed by atoms with Crippen LogP contribution < -0.4 is 4.90 Å². The minimum atomic E-state index is -0.597. The van der Waals surface area contributed by atoms with Gasteiger partial charge in [0.15, 0.2) is 12.4 Å². The first kappa shape index (κ1) is 16.0. The second-order valence-electron chi connectivity index (χ2n) is 5.59. The maximum Gasteiger partial charge on any atom is 0.342 e. The maximum absolute atomic E-state index is 12.2. The summed E-state index contributed by atoms with van der Waals surface area (Å²) in [6, 6.07) is 8.31. The van der Waals surface area contributed by atoms with Crippen molar-refractivity contribution in [3.63, 3.8) is 0 Å². The van der Waals surface area contributed by atoms with Crippen molar-refractivity contribution in [1.29, 1.82) is 0 Å². The van der Waals surface area contributed by atoms with Gasteiger partial charge in [0.1, 0.15) is 11.3 Å². The monoisotopic (exact) mass is 327 g/mol. The van der Waals surface area contributed by atoms with Crippen LogP contribution in [-0.4, -0.2) is 30.8 Å². The predicted molar refractivity (Wildman–Crippen MR) is 86.1 cm³/mol. The van der Waals surface area contributed by atoms with Gasteiger partial charge >= 0.3 is 5.97 Å². The zero-order valence-electron chi connectivity index (χ0n) is 13.3. The summed E-state index contributed by atoms with van der Waals surface area (Å²) in [6.45, 7) is 1.95. The number of nitrogens with zero attached hydrogens (tertiary/aromatic N) is 1. The van der Waals surface area contributed by atoms with E-state index in [0.717, 1.165) is 6.42 Å². The smallest absolute Gasteiger partial charge is 0.342 e. The lowest BCUT2D eigenvalue weighted by molar-refractivity contribution is -0.117. The van der Waals surface area contributed by atoms with Crippen molar-refractivity contribution in [1.82, 2.24) is 0 Å². The third-order valence-electron chi connectivity index (χ3n) is 3.97. The molecule has 6 nitrogen and oxygen atoms in total. The molecule has 1 fully saturated rings. The summed E-state index contributed by atoms with van der Waals surface area (Å²) >= 11 is 0. The lowest BCUT2D eigenvalue weighted by Crippen LogP contribution is -2.24. The number of aryl methyl sites for hydroxylation is 1. The molecule has 1 aromatic carbocycles. The summed E-state index contributed by atoms with van der Waals surface area (Å²) in [5.41, 5.74) is 1.41. The van der Waals surface area contributed by atoms with E-state index in [0.29, 0.717) is 35.5 Å². The number of hydrogen-bond acceptors (Lipinski definition) is 5. The Morgan fingerprint density at radius 1 is 1.29 bits per heavy atom. The number of ether oxygens (including phenoxy) is 1. The molecule has 2 aromatic rings. The minimum absolute atomic E-state index is 0.0569. The van der Waals surface area contributed by atoms with Gasteiger partial charge in [-0.2, -0.15) is 0 Å². The molecule has 0 bridgehead atoms. The Balaban J connectivity index is 1.66. The number of benzene rings is 1. The molecule has 1 aliphatic rings. The second kappa shape index (κ2) is 6.70. The van der Waals surface area contributed by atoms with Gasteiger partial charge in [0.25, 0.3) is 0 Å². The van der Waals surface area contributed by atoms with E-state index in [1.807, 2.05) is 0 Å². The molecular formula is C18H17NO5. The fourth-order valence-electron chi connectivity index (χ4n) is 2.66. The van der Waals surface area contributed by atoms with Crippen molar-refractivity contribution in [3.05, 3.63) is 53.5 Å². The molecule has 0 radical (unpaired) electrons. The van der Waals surface area contributed by atoms with Crippen LogP contribution in [0.1, 0.15) is 39.3 Å². The maximum atomic E-state index is 12.2. The Labute approximate surface area is 139 Å². The molecule has 0 N–H and O–H groups in total. The van der Waals surface area contributed by atoms with E-state index in [4.69, 9.17) is 9.15 Å². The van der Waals surface area contributed by atoms with Crippen molar-refractivity contribution in [2.45, 2.75) is 19.8 Å². The van der Waals surface area contributed by atoms with Gasteiger partial charge in [-0.25, -0.2) is 4.79 Å². The quantitative estimate of drug-likeness (QED) is 0.623. The van der Waals surface area contributed by atoms with Gasteiger partial charge in [0.05, 0.1) is 6.26 Å². The molecule has 6 heteroatoms.